The van der Waals surface area contributed by atoms with Gasteiger partial charge in [0.05, 0.1) is 17.2 Å². The highest BCUT2D eigenvalue weighted by atomic mass is 16.7. The predicted octanol–water partition coefficient (Wildman–Crippen LogP) is 1.77. The van der Waals surface area contributed by atoms with Crippen molar-refractivity contribution >= 4 is 18.7 Å². The minimum atomic E-state index is -0.366. The fraction of sp³-hybridized carbons (Fsp3) is 0.533. The summed E-state index contributed by atoms with van der Waals surface area (Å²) in [5, 5.41) is 2.76. The van der Waals surface area contributed by atoms with Crippen molar-refractivity contribution < 1.29 is 18.8 Å². The van der Waals surface area contributed by atoms with Crippen LogP contribution in [0.3, 0.4) is 0 Å². The molecule has 0 spiro atoms. The maximum absolute atomic E-state index is 11.1. The summed E-state index contributed by atoms with van der Waals surface area (Å²) in [5.74, 6) is 0. The smallest absolute Gasteiger partial charge is 0.447 e. The van der Waals surface area contributed by atoms with Gasteiger partial charge in [-0.15, -0.1) is 0 Å². The maximum Gasteiger partial charge on any atom is 0.494 e. The number of carbonyl (C=O) groups excluding carboxylic acids is 1. The Morgan fingerprint density at radius 1 is 1.10 bits per heavy atom. The van der Waals surface area contributed by atoms with E-state index in [1.807, 2.05) is 52.0 Å². The molecule has 1 unspecified atom stereocenters. The molecule has 2 aliphatic rings. The van der Waals surface area contributed by atoms with Crippen molar-refractivity contribution in [2.75, 3.05) is 6.61 Å². The molecule has 21 heavy (non-hydrogen) atoms. The second-order valence-electron chi connectivity index (χ2n) is 6.55. The van der Waals surface area contributed by atoms with E-state index in [-0.39, 0.29) is 30.5 Å². The van der Waals surface area contributed by atoms with Crippen LogP contribution in [0, 0.1) is 0 Å². The molecule has 1 N–H and O–H groups in total. The van der Waals surface area contributed by atoms with Crippen molar-refractivity contribution in [3.05, 3.63) is 29.8 Å². The minimum absolute atomic E-state index is 0.0788. The molecule has 2 fully saturated rings. The van der Waals surface area contributed by atoms with Crippen molar-refractivity contribution in [3.63, 3.8) is 0 Å². The number of benzene rings is 1. The van der Waals surface area contributed by atoms with E-state index in [1.165, 1.54) is 0 Å². The average Bonchev–Trinajstić information content (AvgIpc) is 2.92. The summed E-state index contributed by atoms with van der Waals surface area (Å²) in [5.41, 5.74) is 1.30. The SMILES string of the molecule is CC1(C)OB(c2ccc(C3COC(=O)N3)cc2)OC1(C)C. The van der Waals surface area contributed by atoms with E-state index in [0.29, 0.717) is 6.61 Å². The molecule has 1 aromatic rings. The molecule has 0 radical (unpaired) electrons. The van der Waals surface area contributed by atoms with E-state index >= 15 is 0 Å². The van der Waals surface area contributed by atoms with Gasteiger partial charge in [0.1, 0.15) is 6.61 Å². The Kier molecular flexibility index (Phi) is 3.26. The van der Waals surface area contributed by atoms with Gasteiger partial charge in [0.25, 0.3) is 0 Å². The predicted molar refractivity (Wildman–Crippen MR) is 79.4 cm³/mol. The van der Waals surface area contributed by atoms with Crippen LogP contribution in [0.1, 0.15) is 39.3 Å². The fourth-order valence-electron chi connectivity index (χ4n) is 2.43. The van der Waals surface area contributed by atoms with Crippen LogP contribution in [0.15, 0.2) is 24.3 Å². The summed E-state index contributed by atoms with van der Waals surface area (Å²) >= 11 is 0. The molecule has 0 aromatic heterocycles. The number of ether oxygens (including phenoxy) is 1. The number of carbonyl (C=O) groups is 1. The summed E-state index contributed by atoms with van der Waals surface area (Å²) in [6, 6.07) is 7.81. The van der Waals surface area contributed by atoms with Crippen LogP contribution in [-0.2, 0) is 14.0 Å². The fourth-order valence-corrected chi connectivity index (χ4v) is 2.43. The third-order valence-corrected chi connectivity index (χ3v) is 4.54. The van der Waals surface area contributed by atoms with Crippen LogP contribution in [0.4, 0.5) is 4.79 Å². The van der Waals surface area contributed by atoms with E-state index in [0.717, 1.165) is 11.0 Å². The lowest BCUT2D eigenvalue weighted by atomic mass is 9.78. The lowest BCUT2D eigenvalue weighted by molar-refractivity contribution is 0.00578. The van der Waals surface area contributed by atoms with Crippen LogP contribution in [0.2, 0.25) is 0 Å². The molecule has 5 nitrogen and oxygen atoms in total. The van der Waals surface area contributed by atoms with E-state index in [9.17, 15) is 4.79 Å². The number of hydrogen-bond acceptors (Lipinski definition) is 4. The van der Waals surface area contributed by atoms with Crippen LogP contribution >= 0.6 is 0 Å². The van der Waals surface area contributed by atoms with Gasteiger partial charge in [-0.05, 0) is 38.7 Å². The van der Waals surface area contributed by atoms with Gasteiger partial charge in [-0.1, -0.05) is 24.3 Å². The summed E-state index contributed by atoms with van der Waals surface area (Å²) in [6.45, 7) is 8.51. The molecule has 0 bridgehead atoms. The number of amides is 1. The first-order chi connectivity index (χ1) is 9.78. The zero-order chi connectivity index (χ0) is 15.3. The highest BCUT2D eigenvalue weighted by molar-refractivity contribution is 6.62. The quantitative estimate of drug-likeness (QED) is 0.843. The molecule has 1 aromatic carbocycles. The molecular formula is C15H20BNO4. The molecular weight excluding hydrogens is 269 g/mol. The molecule has 1 atom stereocenters. The summed E-state index contributed by atoms with van der Waals surface area (Å²) < 4.78 is 16.9. The molecule has 112 valence electrons. The van der Waals surface area contributed by atoms with Crippen molar-refractivity contribution in [2.45, 2.75) is 44.9 Å². The summed E-state index contributed by atoms with van der Waals surface area (Å²) in [4.78, 5) is 11.1. The molecule has 6 heteroatoms. The lowest BCUT2D eigenvalue weighted by Crippen LogP contribution is -2.41. The Morgan fingerprint density at radius 2 is 1.67 bits per heavy atom. The van der Waals surface area contributed by atoms with Gasteiger partial charge in [0.2, 0.25) is 0 Å². The first kappa shape index (κ1) is 14.4. The second kappa shape index (κ2) is 4.75. The van der Waals surface area contributed by atoms with Gasteiger partial charge in [0, 0.05) is 0 Å². The number of cyclic esters (lactones) is 1. The van der Waals surface area contributed by atoms with Gasteiger partial charge < -0.3 is 19.4 Å². The van der Waals surface area contributed by atoms with Gasteiger partial charge in [-0.2, -0.15) is 0 Å². The van der Waals surface area contributed by atoms with Gasteiger partial charge >= 0.3 is 13.2 Å². The first-order valence-corrected chi connectivity index (χ1v) is 7.17. The Morgan fingerprint density at radius 3 is 2.14 bits per heavy atom. The Hall–Kier alpha value is -1.53. The van der Waals surface area contributed by atoms with E-state index in [2.05, 4.69) is 5.32 Å². The van der Waals surface area contributed by atoms with Crippen molar-refractivity contribution in [2.24, 2.45) is 0 Å². The third-order valence-electron chi connectivity index (χ3n) is 4.54. The third kappa shape index (κ3) is 2.54. The molecule has 2 aliphatic heterocycles. The topological polar surface area (TPSA) is 56.8 Å². The summed E-state index contributed by atoms with van der Waals surface area (Å²) in [6.07, 6.45) is -0.366. The Bertz CT molecular complexity index is 539. The standard InChI is InChI=1S/C15H20BNO4/c1-14(2)15(3,4)21-16(20-14)11-7-5-10(6-8-11)12-9-19-13(18)17-12/h5-8,12H,9H2,1-4H3,(H,17,18). The van der Waals surface area contributed by atoms with Crippen molar-refractivity contribution in [3.8, 4) is 0 Å². The number of hydrogen-bond donors (Lipinski definition) is 1. The maximum atomic E-state index is 11.1. The van der Waals surface area contributed by atoms with E-state index in [4.69, 9.17) is 14.0 Å². The van der Waals surface area contributed by atoms with Crippen LogP contribution < -0.4 is 10.8 Å². The van der Waals surface area contributed by atoms with Crippen LogP contribution in [0.5, 0.6) is 0 Å². The molecule has 2 heterocycles. The first-order valence-electron chi connectivity index (χ1n) is 7.17. The average molecular weight is 289 g/mol. The van der Waals surface area contributed by atoms with E-state index in [1.54, 1.807) is 0 Å². The van der Waals surface area contributed by atoms with Crippen molar-refractivity contribution in [1.29, 1.82) is 0 Å². The summed E-state index contributed by atoms with van der Waals surface area (Å²) in [7, 11) is -0.363. The molecule has 2 saturated heterocycles. The highest BCUT2D eigenvalue weighted by Gasteiger charge is 2.51. The normalized spacial score (nSPS) is 26.6. The Balaban J connectivity index is 1.75. The second-order valence-corrected chi connectivity index (χ2v) is 6.55. The van der Waals surface area contributed by atoms with Crippen LogP contribution in [-0.4, -0.2) is 31.0 Å². The zero-order valence-corrected chi connectivity index (χ0v) is 12.8. The molecule has 0 aliphatic carbocycles. The molecule has 0 saturated carbocycles. The monoisotopic (exact) mass is 289 g/mol. The largest absolute Gasteiger partial charge is 0.494 e. The zero-order valence-electron chi connectivity index (χ0n) is 12.8. The highest BCUT2D eigenvalue weighted by Crippen LogP contribution is 2.36. The van der Waals surface area contributed by atoms with E-state index < -0.39 is 0 Å². The van der Waals surface area contributed by atoms with Gasteiger partial charge in [-0.25, -0.2) is 4.79 Å². The van der Waals surface area contributed by atoms with Gasteiger partial charge in [-0.3, -0.25) is 0 Å². The van der Waals surface area contributed by atoms with Crippen LogP contribution in [0.25, 0.3) is 0 Å². The van der Waals surface area contributed by atoms with Crippen molar-refractivity contribution in [1.82, 2.24) is 5.32 Å². The minimum Gasteiger partial charge on any atom is -0.447 e. The number of alkyl carbamates (subject to hydrolysis) is 1. The van der Waals surface area contributed by atoms with Gasteiger partial charge in [0.15, 0.2) is 0 Å². The lowest BCUT2D eigenvalue weighted by Gasteiger charge is -2.32. The molecule has 3 rings (SSSR count). The number of nitrogens with one attached hydrogen (secondary N) is 1. The molecule has 1 amide bonds. The number of rotatable bonds is 2. The Labute approximate surface area is 125 Å².